The number of aromatic carboxylic acids is 1. The lowest BCUT2D eigenvalue weighted by atomic mass is 10.1. The fourth-order valence-corrected chi connectivity index (χ4v) is 1.87. The SMILES string of the molecule is CCCCC(C)Nc1cccc(C(=O)O)c1C. The Balaban J connectivity index is 2.77. The molecule has 0 saturated heterocycles. The summed E-state index contributed by atoms with van der Waals surface area (Å²) in [4.78, 5) is 11.0. The third-order valence-electron chi connectivity index (χ3n) is 2.96. The lowest BCUT2D eigenvalue weighted by molar-refractivity contribution is 0.0696. The molecule has 3 nitrogen and oxygen atoms in total. The minimum Gasteiger partial charge on any atom is -0.478 e. The van der Waals surface area contributed by atoms with Crippen LogP contribution < -0.4 is 5.32 Å². The Morgan fingerprint density at radius 1 is 1.47 bits per heavy atom. The van der Waals surface area contributed by atoms with Gasteiger partial charge >= 0.3 is 5.97 Å². The van der Waals surface area contributed by atoms with Crippen LogP contribution in [0.25, 0.3) is 0 Å². The van der Waals surface area contributed by atoms with Gasteiger partial charge in [0.25, 0.3) is 0 Å². The summed E-state index contributed by atoms with van der Waals surface area (Å²) in [5.41, 5.74) is 2.11. The van der Waals surface area contributed by atoms with Crippen molar-refractivity contribution in [2.75, 3.05) is 5.32 Å². The average Bonchev–Trinajstić information content (AvgIpc) is 2.28. The average molecular weight is 235 g/mol. The fourth-order valence-electron chi connectivity index (χ4n) is 1.87. The predicted molar refractivity (Wildman–Crippen MR) is 70.7 cm³/mol. The van der Waals surface area contributed by atoms with Crippen LogP contribution in [-0.2, 0) is 0 Å². The van der Waals surface area contributed by atoms with Crippen molar-refractivity contribution in [2.24, 2.45) is 0 Å². The van der Waals surface area contributed by atoms with E-state index in [9.17, 15) is 4.79 Å². The Bertz CT molecular complexity index is 388. The van der Waals surface area contributed by atoms with Crippen molar-refractivity contribution >= 4 is 11.7 Å². The standard InChI is InChI=1S/C14H21NO2/c1-4-5-7-10(2)15-13-9-6-8-12(11(13)3)14(16)17/h6,8-10,15H,4-5,7H2,1-3H3,(H,16,17). The minimum absolute atomic E-state index is 0.373. The van der Waals surface area contributed by atoms with Crippen molar-refractivity contribution in [1.29, 1.82) is 0 Å². The van der Waals surface area contributed by atoms with Crippen LogP contribution in [0.3, 0.4) is 0 Å². The number of carboxylic acids is 1. The lowest BCUT2D eigenvalue weighted by Crippen LogP contribution is -2.16. The summed E-state index contributed by atoms with van der Waals surface area (Å²) in [6.07, 6.45) is 3.47. The van der Waals surface area contributed by atoms with Crippen LogP contribution in [0, 0.1) is 6.92 Å². The molecule has 0 radical (unpaired) electrons. The molecule has 0 heterocycles. The maximum atomic E-state index is 11.0. The molecule has 0 bridgehead atoms. The van der Waals surface area contributed by atoms with Crippen LogP contribution in [0.1, 0.15) is 49.0 Å². The highest BCUT2D eigenvalue weighted by atomic mass is 16.4. The second-order valence-corrected chi connectivity index (χ2v) is 4.47. The van der Waals surface area contributed by atoms with Crippen LogP contribution in [0.4, 0.5) is 5.69 Å². The van der Waals surface area contributed by atoms with E-state index < -0.39 is 5.97 Å². The number of hydrogen-bond acceptors (Lipinski definition) is 2. The van der Waals surface area contributed by atoms with E-state index in [1.807, 2.05) is 13.0 Å². The largest absolute Gasteiger partial charge is 0.478 e. The first-order valence-corrected chi connectivity index (χ1v) is 6.15. The molecule has 0 aromatic heterocycles. The van der Waals surface area contributed by atoms with Gasteiger partial charge in [-0.25, -0.2) is 4.79 Å². The van der Waals surface area contributed by atoms with E-state index in [1.54, 1.807) is 12.1 Å². The highest BCUT2D eigenvalue weighted by Gasteiger charge is 2.11. The van der Waals surface area contributed by atoms with Gasteiger partial charge in [0.05, 0.1) is 5.56 Å². The summed E-state index contributed by atoms with van der Waals surface area (Å²) < 4.78 is 0. The van der Waals surface area contributed by atoms with Gasteiger partial charge in [0.15, 0.2) is 0 Å². The molecule has 1 unspecified atom stereocenters. The molecular weight excluding hydrogens is 214 g/mol. The van der Waals surface area contributed by atoms with E-state index in [0.29, 0.717) is 11.6 Å². The zero-order valence-electron chi connectivity index (χ0n) is 10.8. The van der Waals surface area contributed by atoms with E-state index in [1.165, 1.54) is 12.8 Å². The first-order chi connectivity index (χ1) is 8.06. The maximum absolute atomic E-state index is 11.0. The number of hydrogen-bond donors (Lipinski definition) is 2. The summed E-state index contributed by atoms with van der Waals surface area (Å²) in [7, 11) is 0. The van der Waals surface area contributed by atoms with Gasteiger partial charge in [-0.15, -0.1) is 0 Å². The van der Waals surface area contributed by atoms with Crippen molar-refractivity contribution in [2.45, 2.75) is 46.1 Å². The van der Waals surface area contributed by atoms with E-state index in [-0.39, 0.29) is 0 Å². The number of carboxylic acid groups (broad SMARTS) is 1. The van der Waals surface area contributed by atoms with Crippen molar-refractivity contribution < 1.29 is 9.90 Å². The zero-order chi connectivity index (χ0) is 12.8. The lowest BCUT2D eigenvalue weighted by Gasteiger charge is -2.17. The third kappa shape index (κ3) is 3.77. The molecule has 0 spiro atoms. The minimum atomic E-state index is -0.868. The highest BCUT2D eigenvalue weighted by molar-refractivity contribution is 5.91. The Hall–Kier alpha value is -1.51. The van der Waals surface area contributed by atoms with Crippen LogP contribution >= 0.6 is 0 Å². The Morgan fingerprint density at radius 2 is 2.18 bits per heavy atom. The number of anilines is 1. The summed E-state index contributed by atoms with van der Waals surface area (Å²) in [6.45, 7) is 6.14. The number of benzene rings is 1. The third-order valence-corrected chi connectivity index (χ3v) is 2.96. The second-order valence-electron chi connectivity index (χ2n) is 4.47. The Kier molecular flexibility index (Phi) is 5.01. The van der Waals surface area contributed by atoms with Gasteiger partial charge in [-0.2, -0.15) is 0 Å². The van der Waals surface area contributed by atoms with E-state index in [2.05, 4.69) is 19.2 Å². The van der Waals surface area contributed by atoms with Gasteiger partial charge in [0.2, 0.25) is 0 Å². The van der Waals surface area contributed by atoms with Gasteiger partial charge in [-0.1, -0.05) is 25.8 Å². The molecule has 2 N–H and O–H groups in total. The smallest absolute Gasteiger partial charge is 0.336 e. The second kappa shape index (κ2) is 6.28. The predicted octanol–water partition coefficient (Wildman–Crippen LogP) is 3.68. The molecule has 0 fully saturated rings. The first kappa shape index (κ1) is 13.6. The molecular formula is C14H21NO2. The molecule has 3 heteroatoms. The fraction of sp³-hybridized carbons (Fsp3) is 0.500. The summed E-state index contributed by atoms with van der Waals surface area (Å²) in [6, 6.07) is 5.73. The summed E-state index contributed by atoms with van der Waals surface area (Å²) in [5.74, 6) is -0.868. The number of nitrogens with one attached hydrogen (secondary N) is 1. The van der Waals surface area contributed by atoms with E-state index >= 15 is 0 Å². The van der Waals surface area contributed by atoms with Crippen molar-refractivity contribution in [3.05, 3.63) is 29.3 Å². The topological polar surface area (TPSA) is 49.3 Å². The van der Waals surface area contributed by atoms with E-state index in [0.717, 1.165) is 17.7 Å². The zero-order valence-corrected chi connectivity index (χ0v) is 10.8. The molecule has 0 amide bonds. The Morgan fingerprint density at radius 3 is 2.76 bits per heavy atom. The first-order valence-electron chi connectivity index (χ1n) is 6.15. The van der Waals surface area contributed by atoms with Gasteiger partial charge in [0, 0.05) is 11.7 Å². The van der Waals surface area contributed by atoms with Gasteiger partial charge < -0.3 is 10.4 Å². The highest BCUT2D eigenvalue weighted by Crippen LogP contribution is 2.20. The van der Waals surface area contributed by atoms with Crippen molar-refractivity contribution in [3.63, 3.8) is 0 Å². The van der Waals surface area contributed by atoms with Crippen LogP contribution in [-0.4, -0.2) is 17.1 Å². The van der Waals surface area contributed by atoms with Crippen LogP contribution in [0.2, 0.25) is 0 Å². The van der Waals surface area contributed by atoms with E-state index in [4.69, 9.17) is 5.11 Å². The molecule has 0 aliphatic rings. The normalized spacial score (nSPS) is 12.2. The Labute approximate surface area is 103 Å². The molecule has 1 aromatic carbocycles. The quantitative estimate of drug-likeness (QED) is 0.790. The molecule has 1 aromatic rings. The molecule has 94 valence electrons. The van der Waals surface area contributed by atoms with Gasteiger partial charge in [0.1, 0.15) is 0 Å². The van der Waals surface area contributed by atoms with Crippen LogP contribution in [0.5, 0.6) is 0 Å². The molecule has 17 heavy (non-hydrogen) atoms. The summed E-state index contributed by atoms with van der Waals surface area (Å²) >= 11 is 0. The molecule has 1 atom stereocenters. The van der Waals surface area contributed by atoms with Crippen molar-refractivity contribution in [1.82, 2.24) is 0 Å². The van der Waals surface area contributed by atoms with Crippen LogP contribution in [0.15, 0.2) is 18.2 Å². The molecule has 1 rings (SSSR count). The van der Waals surface area contributed by atoms with Gasteiger partial charge in [-0.05, 0) is 38.0 Å². The number of rotatable bonds is 6. The van der Waals surface area contributed by atoms with Gasteiger partial charge in [-0.3, -0.25) is 0 Å². The summed E-state index contributed by atoms with van der Waals surface area (Å²) in [5, 5.41) is 12.4. The monoisotopic (exact) mass is 235 g/mol. The maximum Gasteiger partial charge on any atom is 0.336 e. The molecule has 0 aliphatic carbocycles. The molecule has 0 saturated carbocycles. The van der Waals surface area contributed by atoms with Crippen molar-refractivity contribution in [3.8, 4) is 0 Å². The number of carbonyl (C=O) groups is 1. The molecule has 0 aliphatic heterocycles. The number of unbranched alkanes of at least 4 members (excludes halogenated alkanes) is 1.